The summed E-state index contributed by atoms with van der Waals surface area (Å²) in [6, 6.07) is 9.85. The molecular weight excluding hydrogens is 236 g/mol. The van der Waals surface area contributed by atoms with E-state index < -0.39 is 0 Å². The van der Waals surface area contributed by atoms with E-state index in [1.165, 1.54) is 31.2 Å². The zero-order valence-corrected chi connectivity index (χ0v) is 11.2. The Morgan fingerprint density at radius 3 is 2.79 bits per heavy atom. The van der Waals surface area contributed by atoms with Crippen molar-refractivity contribution in [1.29, 1.82) is 5.26 Å². The molecule has 3 heteroatoms. The summed E-state index contributed by atoms with van der Waals surface area (Å²) >= 11 is 0. The molecule has 0 unspecified atom stereocenters. The molecule has 1 aliphatic rings. The highest BCUT2D eigenvalue weighted by molar-refractivity contribution is 5.27. The summed E-state index contributed by atoms with van der Waals surface area (Å²) in [4.78, 5) is 0. The summed E-state index contributed by atoms with van der Waals surface area (Å²) in [6.07, 6.45) is 7.43. The number of rotatable bonds is 7. The molecule has 0 fully saturated rings. The molecule has 0 bridgehead atoms. The molecule has 1 aromatic carbocycles. The predicted molar refractivity (Wildman–Crippen MR) is 75.8 cm³/mol. The van der Waals surface area contributed by atoms with Crippen LogP contribution in [0.2, 0.25) is 0 Å². The Labute approximate surface area is 114 Å². The minimum absolute atomic E-state index is 0.104. The van der Waals surface area contributed by atoms with Gasteiger partial charge in [-0.2, -0.15) is 5.26 Å². The zero-order chi connectivity index (χ0) is 13.3. The Balaban J connectivity index is 1.66. The Morgan fingerprint density at radius 2 is 2.11 bits per heavy atom. The van der Waals surface area contributed by atoms with Gasteiger partial charge < -0.3 is 10.1 Å². The minimum Gasteiger partial charge on any atom is -0.479 e. The van der Waals surface area contributed by atoms with E-state index in [0.717, 1.165) is 18.8 Å². The smallest absolute Gasteiger partial charge is 0.174 e. The Bertz CT molecular complexity index is 457. The fraction of sp³-hybridized carbons (Fsp3) is 0.438. The van der Waals surface area contributed by atoms with Gasteiger partial charge in [-0.1, -0.05) is 23.8 Å². The number of nitriles is 1. The van der Waals surface area contributed by atoms with Crippen molar-refractivity contribution in [3.63, 3.8) is 0 Å². The molecular formula is C16H20N2O. The first-order valence-electron chi connectivity index (χ1n) is 6.86. The molecule has 0 amide bonds. The van der Waals surface area contributed by atoms with Crippen LogP contribution in [0.15, 0.2) is 35.9 Å². The van der Waals surface area contributed by atoms with E-state index in [1.54, 1.807) is 5.57 Å². The van der Waals surface area contributed by atoms with Crippen molar-refractivity contribution in [3.8, 4) is 11.8 Å². The number of hydrogen-bond donors (Lipinski definition) is 1. The van der Waals surface area contributed by atoms with E-state index in [0.29, 0.717) is 0 Å². The summed E-state index contributed by atoms with van der Waals surface area (Å²) in [6.45, 7) is 2.02. The number of benzene rings is 1. The maximum Gasteiger partial charge on any atom is 0.174 e. The Morgan fingerprint density at radius 1 is 1.26 bits per heavy atom. The van der Waals surface area contributed by atoms with Gasteiger partial charge in [0.2, 0.25) is 0 Å². The lowest BCUT2D eigenvalue weighted by Crippen LogP contribution is -2.15. The second-order valence-electron chi connectivity index (χ2n) is 4.77. The molecule has 19 heavy (non-hydrogen) atoms. The van der Waals surface area contributed by atoms with Crippen LogP contribution >= 0.6 is 0 Å². The fourth-order valence-corrected chi connectivity index (χ4v) is 2.27. The van der Waals surface area contributed by atoms with E-state index in [9.17, 15) is 0 Å². The van der Waals surface area contributed by atoms with Crippen LogP contribution in [-0.2, 0) is 6.54 Å². The zero-order valence-electron chi connectivity index (χ0n) is 11.2. The second kappa shape index (κ2) is 7.60. The summed E-state index contributed by atoms with van der Waals surface area (Å²) in [5, 5.41) is 11.9. The van der Waals surface area contributed by atoms with Gasteiger partial charge in [-0.05, 0) is 49.9 Å². The van der Waals surface area contributed by atoms with E-state index in [1.807, 2.05) is 30.3 Å². The van der Waals surface area contributed by atoms with Crippen LogP contribution in [0.4, 0.5) is 0 Å². The molecule has 0 radical (unpaired) electrons. The average molecular weight is 256 g/mol. The van der Waals surface area contributed by atoms with Crippen LogP contribution in [0.3, 0.4) is 0 Å². The molecule has 100 valence electrons. The molecule has 1 aromatic rings. The first kappa shape index (κ1) is 13.6. The number of allylic oxidation sites excluding steroid dienone is 1. The maximum absolute atomic E-state index is 8.43. The van der Waals surface area contributed by atoms with Crippen LogP contribution in [0.5, 0.6) is 5.75 Å². The molecule has 2 rings (SSSR count). The lowest BCUT2D eigenvalue weighted by Gasteiger charge is -2.07. The lowest BCUT2D eigenvalue weighted by molar-refractivity contribution is 0.368. The summed E-state index contributed by atoms with van der Waals surface area (Å²) in [5.74, 6) is 0.751. The molecule has 0 heterocycles. The van der Waals surface area contributed by atoms with Crippen LogP contribution in [0.1, 0.15) is 31.2 Å². The summed E-state index contributed by atoms with van der Waals surface area (Å²) in [7, 11) is 0. The number of ether oxygens (including phenoxy) is 1. The SMILES string of the molecule is N#CCOc1ccc(CNCCC2=CCCC2)cc1. The minimum atomic E-state index is 0.104. The molecule has 0 spiro atoms. The molecule has 0 aromatic heterocycles. The van der Waals surface area contributed by atoms with E-state index in [2.05, 4.69) is 11.4 Å². The van der Waals surface area contributed by atoms with Crippen molar-refractivity contribution in [2.45, 2.75) is 32.2 Å². The monoisotopic (exact) mass is 256 g/mol. The molecule has 1 N–H and O–H groups in total. The van der Waals surface area contributed by atoms with Gasteiger partial charge in [0.05, 0.1) is 0 Å². The van der Waals surface area contributed by atoms with Crippen LogP contribution in [0, 0.1) is 11.3 Å². The van der Waals surface area contributed by atoms with E-state index in [-0.39, 0.29) is 6.61 Å². The van der Waals surface area contributed by atoms with E-state index in [4.69, 9.17) is 10.00 Å². The van der Waals surface area contributed by atoms with Crippen LogP contribution in [0.25, 0.3) is 0 Å². The van der Waals surface area contributed by atoms with Gasteiger partial charge in [-0.3, -0.25) is 0 Å². The van der Waals surface area contributed by atoms with Gasteiger partial charge in [0.15, 0.2) is 6.61 Å². The Kier molecular flexibility index (Phi) is 5.46. The van der Waals surface area contributed by atoms with Crippen molar-refractivity contribution in [3.05, 3.63) is 41.5 Å². The maximum atomic E-state index is 8.43. The largest absolute Gasteiger partial charge is 0.479 e. The van der Waals surface area contributed by atoms with Crippen molar-refractivity contribution in [2.24, 2.45) is 0 Å². The highest BCUT2D eigenvalue weighted by atomic mass is 16.5. The van der Waals surface area contributed by atoms with Gasteiger partial charge in [0.1, 0.15) is 11.8 Å². The lowest BCUT2D eigenvalue weighted by atomic mass is 10.1. The summed E-state index contributed by atoms with van der Waals surface area (Å²) in [5.41, 5.74) is 2.84. The first-order valence-corrected chi connectivity index (χ1v) is 6.86. The molecule has 1 aliphatic carbocycles. The molecule has 0 atom stereocenters. The number of nitrogens with zero attached hydrogens (tertiary/aromatic N) is 1. The van der Waals surface area contributed by atoms with Crippen molar-refractivity contribution in [1.82, 2.24) is 5.32 Å². The molecule has 0 saturated carbocycles. The highest BCUT2D eigenvalue weighted by Crippen LogP contribution is 2.19. The summed E-state index contributed by atoms with van der Waals surface area (Å²) < 4.78 is 5.21. The number of nitrogens with one attached hydrogen (secondary N) is 1. The normalized spacial score (nSPS) is 13.9. The predicted octanol–water partition coefficient (Wildman–Crippen LogP) is 3.18. The molecule has 0 saturated heterocycles. The van der Waals surface area contributed by atoms with Gasteiger partial charge in [-0.15, -0.1) is 0 Å². The van der Waals surface area contributed by atoms with Crippen LogP contribution in [-0.4, -0.2) is 13.2 Å². The standard InChI is InChI=1S/C16H20N2O/c17-10-12-19-16-7-5-15(6-8-16)13-18-11-9-14-3-1-2-4-14/h3,5-8,18H,1-2,4,9,11-13H2. The van der Waals surface area contributed by atoms with E-state index >= 15 is 0 Å². The van der Waals surface area contributed by atoms with Gasteiger partial charge in [-0.25, -0.2) is 0 Å². The topological polar surface area (TPSA) is 45.0 Å². The highest BCUT2D eigenvalue weighted by Gasteiger charge is 2.03. The van der Waals surface area contributed by atoms with Gasteiger partial charge >= 0.3 is 0 Å². The van der Waals surface area contributed by atoms with Crippen molar-refractivity contribution in [2.75, 3.05) is 13.2 Å². The second-order valence-corrected chi connectivity index (χ2v) is 4.77. The third-order valence-electron chi connectivity index (χ3n) is 3.31. The Hall–Kier alpha value is -1.79. The van der Waals surface area contributed by atoms with Gasteiger partial charge in [0.25, 0.3) is 0 Å². The first-order chi connectivity index (χ1) is 9.38. The third-order valence-corrected chi connectivity index (χ3v) is 3.31. The quantitative estimate of drug-likeness (QED) is 0.602. The molecule has 3 nitrogen and oxygen atoms in total. The van der Waals surface area contributed by atoms with Crippen LogP contribution < -0.4 is 10.1 Å². The van der Waals surface area contributed by atoms with Crippen molar-refractivity contribution < 1.29 is 4.74 Å². The fourth-order valence-electron chi connectivity index (χ4n) is 2.27. The number of hydrogen-bond acceptors (Lipinski definition) is 3. The third kappa shape index (κ3) is 4.76. The van der Waals surface area contributed by atoms with Gasteiger partial charge in [0, 0.05) is 6.54 Å². The average Bonchev–Trinajstić information content (AvgIpc) is 2.96. The molecule has 0 aliphatic heterocycles. The van der Waals surface area contributed by atoms with Crippen molar-refractivity contribution >= 4 is 0 Å².